The third kappa shape index (κ3) is 0.684. The Labute approximate surface area is 37.5 Å². The van der Waals surface area contributed by atoms with E-state index >= 15 is 0 Å². The van der Waals surface area contributed by atoms with E-state index in [4.69, 9.17) is 1.37 Å². The van der Waals surface area contributed by atoms with Gasteiger partial charge in [-0.2, -0.15) is 0 Å². The van der Waals surface area contributed by atoms with Gasteiger partial charge >= 0.3 is 0 Å². The van der Waals surface area contributed by atoms with Crippen LogP contribution in [0.4, 0.5) is 4.39 Å². The molecule has 0 aromatic heterocycles. The van der Waals surface area contributed by atoms with Gasteiger partial charge in [0.15, 0.2) is 0 Å². The summed E-state index contributed by atoms with van der Waals surface area (Å²) >= 11 is 0. The lowest BCUT2D eigenvalue weighted by molar-refractivity contribution is 0.173. The first-order valence-electron chi connectivity index (χ1n) is 2.52. The van der Waals surface area contributed by atoms with Crippen LogP contribution in [0.2, 0.25) is 0 Å². The van der Waals surface area contributed by atoms with E-state index in [-0.39, 0.29) is 13.2 Å². The van der Waals surface area contributed by atoms with Crippen molar-refractivity contribution in [3.63, 3.8) is 0 Å². The van der Waals surface area contributed by atoms with Crippen molar-refractivity contribution in [3.05, 3.63) is 0 Å². The van der Waals surface area contributed by atoms with Crippen molar-refractivity contribution in [2.75, 3.05) is 13.2 Å². The number of hydrogen-bond acceptors (Lipinski definition) is 1. The Morgan fingerprint density at radius 1 is 2.00 bits per heavy atom. The summed E-state index contributed by atoms with van der Waals surface area (Å²) in [6.45, 7) is 0.384. The van der Waals surface area contributed by atoms with E-state index in [0.717, 1.165) is 0 Å². The van der Waals surface area contributed by atoms with Gasteiger partial charge in [-0.05, 0) is 0 Å². The van der Waals surface area contributed by atoms with Gasteiger partial charge in [0.25, 0.3) is 0 Å². The lowest BCUT2D eigenvalue weighted by Gasteiger charge is -1.84. The maximum Gasteiger partial charge on any atom is 0.126 e. The second kappa shape index (κ2) is 1.56. The topological polar surface area (TPSA) is 9.23 Å². The van der Waals surface area contributed by atoms with Gasteiger partial charge in [0, 0.05) is 14.4 Å². The van der Waals surface area contributed by atoms with Crippen LogP contribution in [-0.4, -0.2) is 19.4 Å². The largest absolute Gasteiger partial charge is 0.378 e. The Balaban J connectivity index is 2.33. The predicted octanol–water partition coefficient (Wildman–Crippen LogP) is 0.745. The summed E-state index contributed by atoms with van der Waals surface area (Å²) in [6, 6.07) is 0. The molecule has 2 atom stereocenters. The van der Waals surface area contributed by atoms with Crippen LogP contribution in [0.15, 0.2) is 0 Å². The van der Waals surface area contributed by atoms with Crippen LogP contribution in [0.5, 0.6) is 0 Å². The minimum Gasteiger partial charge on any atom is -0.378 e. The van der Waals surface area contributed by atoms with E-state index in [1.54, 1.807) is 0 Å². The Bertz CT molecular complexity index is 60.7. The minimum absolute atomic E-state index is 0.119. The summed E-state index contributed by atoms with van der Waals surface area (Å²) in [5.74, 6) is 0. The second-order valence-electron chi connectivity index (χ2n) is 1.29. The van der Waals surface area contributed by atoms with E-state index in [0.29, 0.717) is 0 Å². The van der Waals surface area contributed by atoms with Crippen molar-refractivity contribution in [3.8, 4) is 0 Å². The molecule has 1 heterocycles. The number of hydrogen-bond donors (Lipinski definition) is 0. The Hall–Kier alpha value is -0.110. The molecule has 36 valence electrons. The average molecular weight is 91.1 g/mol. The van der Waals surface area contributed by atoms with Gasteiger partial charge in [-0.15, -0.1) is 0 Å². The molecular formula is C4H7FO. The molecule has 0 N–H and O–H groups in total. The van der Waals surface area contributed by atoms with Crippen LogP contribution in [0.3, 0.4) is 0 Å². The highest BCUT2D eigenvalue weighted by molar-refractivity contribution is 4.59. The molecule has 6 heavy (non-hydrogen) atoms. The van der Waals surface area contributed by atoms with Crippen LogP contribution in [-0.2, 0) is 4.74 Å². The molecule has 1 rings (SSSR count). The van der Waals surface area contributed by atoms with Gasteiger partial charge < -0.3 is 4.74 Å². The van der Waals surface area contributed by atoms with Gasteiger partial charge in [-0.1, -0.05) is 0 Å². The maximum atomic E-state index is 12.0. The molecule has 1 fully saturated rings. The molecule has 0 aliphatic carbocycles. The van der Waals surface area contributed by atoms with Crippen molar-refractivity contribution in [2.45, 2.75) is 12.6 Å². The number of halogens is 1. The zero-order chi connectivity index (χ0) is 5.28. The molecule has 1 saturated heterocycles. The summed E-state index contributed by atoms with van der Waals surface area (Å²) < 4.78 is 23.4. The maximum absolute atomic E-state index is 12.0. The molecule has 0 bridgehead atoms. The van der Waals surface area contributed by atoms with Gasteiger partial charge in [0.05, 0.1) is 6.61 Å². The molecule has 1 nitrogen and oxygen atoms in total. The zero-order valence-electron chi connectivity index (χ0n) is 4.36. The molecule has 1 aliphatic heterocycles. The quantitative estimate of drug-likeness (QED) is 0.427. The fourth-order valence-electron chi connectivity index (χ4n) is 0.421. The van der Waals surface area contributed by atoms with E-state index in [1.807, 2.05) is 0 Å². The number of alkyl halides is 1. The fourth-order valence-corrected chi connectivity index (χ4v) is 0.421. The van der Waals surface area contributed by atoms with Crippen molar-refractivity contribution in [1.82, 2.24) is 0 Å². The van der Waals surface area contributed by atoms with Gasteiger partial charge in [-0.25, -0.2) is 4.39 Å². The molecule has 1 aliphatic rings. The highest BCUT2D eigenvalue weighted by Gasteiger charge is 2.12. The minimum atomic E-state index is -1.04. The third-order valence-corrected chi connectivity index (χ3v) is 0.747. The van der Waals surface area contributed by atoms with Crippen LogP contribution in [0, 0.1) is 0 Å². The molecule has 2 unspecified atom stereocenters. The second-order valence-corrected chi connectivity index (χ2v) is 1.29. The first kappa shape index (κ1) is 2.97. The number of ether oxygens (including phenoxy) is 1. The van der Waals surface area contributed by atoms with Crippen LogP contribution >= 0.6 is 0 Å². The molecule has 0 spiro atoms. The van der Waals surface area contributed by atoms with Gasteiger partial charge in [-0.3, -0.25) is 0 Å². The van der Waals surface area contributed by atoms with Crippen molar-refractivity contribution in [2.24, 2.45) is 0 Å². The Morgan fingerprint density at radius 3 is 3.00 bits per heavy atom. The monoisotopic (exact) mass is 91.1 g/mol. The predicted molar refractivity (Wildman–Crippen MR) is 20.3 cm³/mol. The Morgan fingerprint density at radius 2 is 2.83 bits per heavy atom. The molecule has 0 amide bonds. The summed E-state index contributed by atoms with van der Waals surface area (Å²) in [6.07, 6.45) is -1.67. The third-order valence-electron chi connectivity index (χ3n) is 0.747. The summed E-state index contributed by atoms with van der Waals surface area (Å²) in [7, 11) is 0. The summed E-state index contributed by atoms with van der Waals surface area (Å²) in [5.41, 5.74) is 0. The highest BCUT2D eigenvalue weighted by Crippen LogP contribution is 2.05. The molecule has 0 radical (unpaired) electrons. The standard InChI is InChI=1S/C4H7FO/c5-4-1-2-6-3-4/h4H,1-3H2/i1D. The first-order chi connectivity index (χ1) is 3.30. The normalized spacial score (nSPS) is 49.2. The van der Waals surface area contributed by atoms with Crippen LogP contribution in [0.1, 0.15) is 7.77 Å². The zero-order valence-corrected chi connectivity index (χ0v) is 3.36. The Kier molecular flexibility index (Phi) is 0.771. The smallest absolute Gasteiger partial charge is 0.126 e. The lowest BCUT2D eigenvalue weighted by atomic mass is 10.4. The van der Waals surface area contributed by atoms with Crippen LogP contribution < -0.4 is 0 Å². The van der Waals surface area contributed by atoms with Crippen LogP contribution in [0.25, 0.3) is 0 Å². The molecule has 2 heteroatoms. The fraction of sp³-hybridized carbons (Fsp3) is 1.00. The number of rotatable bonds is 0. The molecule has 0 aromatic rings. The van der Waals surface area contributed by atoms with Gasteiger partial charge in [0.1, 0.15) is 6.17 Å². The summed E-state index contributed by atoms with van der Waals surface area (Å²) in [5, 5.41) is 0. The highest BCUT2D eigenvalue weighted by atomic mass is 19.1. The molecule has 0 saturated carbocycles. The SMILES string of the molecule is [2H]C1COCC1F. The van der Waals surface area contributed by atoms with Crippen molar-refractivity contribution < 1.29 is 10.5 Å². The van der Waals surface area contributed by atoms with E-state index in [1.165, 1.54) is 0 Å². The average Bonchev–Trinajstić information content (AvgIpc) is 1.91. The summed E-state index contributed by atoms with van der Waals surface area (Å²) in [4.78, 5) is 0. The lowest BCUT2D eigenvalue weighted by Crippen LogP contribution is -1.94. The van der Waals surface area contributed by atoms with Crippen molar-refractivity contribution in [1.29, 1.82) is 0 Å². The van der Waals surface area contributed by atoms with E-state index < -0.39 is 12.6 Å². The molecular weight excluding hydrogens is 83.0 g/mol. The first-order valence-corrected chi connectivity index (χ1v) is 1.95. The van der Waals surface area contributed by atoms with Crippen molar-refractivity contribution >= 4 is 0 Å². The van der Waals surface area contributed by atoms with E-state index in [2.05, 4.69) is 4.74 Å². The van der Waals surface area contributed by atoms with Gasteiger partial charge in [0.2, 0.25) is 0 Å². The molecule has 0 aromatic carbocycles. The van der Waals surface area contributed by atoms with E-state index in [9.17, 15) is 4.39 Å².